The normalized spacial score (nSPS) is 20.4. The first-order valence-electron chi connectivity index (χ1n) is 12.2. The molecule has 1 N–H and O–H groups in total. The SMILES string of the molecule is CCC(=O)N(CC1(N2CCN(CC(CC)C(=O)O)CC2)CCOCC1)c1cccc(C(F)(F)F)n1. The molecule has 0 spiro atoms. The zero-order chi connectivity index (χ0) is 25.6. The number of ether oxygens (including phenoxy) is 1. The lowest BCUT2D eigenvalue weighted by atomic mass is 9.86. The van der Waals surface area contributed by atoms with E-state index in [0.717, 1.165) is 6.07 Å². The van der Waals surface area contributed by atoms with Crippen LogP contribution in [0.3, 0.4) is 0 Å². The van der Waals surface area contributed by atoms with Gasteiger partial charge in [-0.3, -0.25) is 24.3 Å². The van der Waals surface area contributed by atoms with Gasteiger partial charge in [-0.2, -0.15) is 13.2 Å². The molecule has 2 aliphatic rings. The predicted molar refractivity (Wildman–Crippen MR) is 124 cm³/mol. The van der Waals surface area contributed by atoms with E-state index in [1.54, 1.807) is 6.92 Å². The van der Waals surface area contributed by atoms with E-state index in [0.29, 0.717) is 65.2 Å². The number of alkyl halides is 3. The molecule has 1 aromatic rings. The van der Waals surface area contributed by atoms with Gasteiger partial charge in [0, 0.05) is 64.4 Å². The molecule has 11 heteroatoms. The van der Waals surface area contributed by atoms with E-state index in [1.165, 1.54) is 17.0 Å². The number of carbonyl (C=O) groups excluding carboxylic acids is 1. The van der Waals surface area contributed by atoms with Crippen molar-refractivity contribution in [3.05, 3.63) is 23.9 Å². The van der Waals surface area contributed by atoms with E-state index in [4.69, 9.17) is 4.74 Å². The maximum atomic E-state index is 13.3. The van der Waals surface area contributed by atoms with Crippen LogP contribution >= 0.6 is 0 Å². The van der Waals surface area contributed by atoms with Crippen LogP contribution < -0.4 is 4.90 Å². The van der Waals surface area contributed by atoms with Crippen LogP contribution in [0.5, 0.6) is 0 Å². The zero-order valence-electron chi connectivity index (χ0n) is 20.4. The van der Waals surface area contributed by atoms with Crippen molar-refractivity contribution < 1.29 is 32.6 Å². The Balaban J connectivity index is 1.81. The van der Waals surface area contributed by atoms with Gasteiger partial charge in [-0.1, -0.05) is 19.9 Å². The number of anilines is 1. The summed E-state index contributed by atoms with van der Waals surface area (Å²) in [6.45, 7) is 8.02. The molecular formula is C24H35F3N4O4. The van der Waals surface area contributed by atoms with Crippen LogP contribution in [-0.2, 0) is 20.5 Å². The molecule has 1 atom stereocenters. The van der Waals surface area contributed by atoms with Crippen LogP contribution in [0.15, 0.2) is 18.2 Å². The lowest BCUT2D eigenvalue weighted by Gasteiger charge is -2.51. The summed E-state index contributed by atoms with van der Waals surface area (Å²) in [6, 6.07) is 3.63. The quantitative estimate of drug-likeness (QED) is 0.558. The fourth-order valence-corrected chi connectivity index (χ4v) is 4.94. The topological polar surface area (TPSA) is 86.2 Å². The third kappa shape index (κ3) is 6.71. The summed E-state index contributed by atoms with van der Waals surface area (Å²) in [5.74, 6) is -1.49. The van der Waals surface area contributed by atoms with Crippen LogP contribution in [0.2, 0.25) is 0 Å². The number of piperazine rings is 1. The average Bonchev–Trinajstić information content (AvgIpc) is 2.85. The third-order valence-electron chi connectivity index (χ3n) is 7.14. The summed E-state index contributed by atoms with van der Waals surface area (Å²) >= 11 is 0. The van der Waals surface area contributed by atoms with Crippen molar-refractivity contribution in [2.24, 2.45) is 5.92 Å². The highest BCUT2D eigenvalue weighted by Gasteiger charge is 2.43. The minimum absolute atomic E-state index is 0.00317. The smallest absolute Gasteiger partial charge is 0.433 e. The molecular weight excluding hydrogens is 465 g/mol. The fraction of sp³-hybridized carbons (Fsp3) is 0.708. The summed E-state index contributed by atoms with van der Waals surface area (Å²) in [5.41, 5.74) is -1.48. The highest BCUT2D eigenvalue weighted by molar-refractivity contribution is 5.92. The lowest BCUT2D eigenvalue weighted by Crippen LogP contribution is -2.64. The summed E-state index contributed by atoms with van der Waals surface area (Å²) in [5, 5.41) is 9.39. The molecule has 0 bridgehead atoms. The molecule has 2 aliphatic heterocycles. The molecule has 2 fully saturated rings. The molecule has 1 amide bonds. The van der Waals surface area contributed by atoms with E-state index >= 15 is 0 Å². The summed E-state index contributed by atoms with van der Waals surface area (Å²) in [4.78, 5) is 34.0. The minimum atomic E-state index is -4.60. The van der Waals surface area contributed by atoms with Gasteiger partial charge in [0.15, 0.2) is 0 Å². The standard InChI is InChI=1S/C24H35F3N4O4/c1-3-18(22(33)34)16-29-10-12-30(13-11-29)23(8-14-35-15-9-23)17-31(21(32)4-2)20-7-5-6-19(28-20)24(25,26)27/h5-7,18H,3-4,8-17H2,1-2H3,(H,33,34). The molecule has 35 heavy (non-hydrogen) atoms. The molecule has 3 heterocycles. The van der Waals surface area contributed by atoms with Crippen molar-refractivity contribution in [3.8, 4) is 0 Å². The van der Waals surface area contributed by atoms with Crippen molar-refractivity contribution in [1.82, 2.24) is 14.8 Å². The van der Waals surface area contributed by atoms with Crippen LogP contribution in [0.1, 0.15) is 45.2 Å². The Kier molecular flexibility index (Phi) is 9.11. The number of nitrogens with zero attached hydrogens (tertiary/aromatic N) is 4. The molecule has 1 aromatic heterocycles. The number of rotatable bonds is 9. The number of carboxylic acid groups (broad SMARTS) is 1. The molecule has 196 valence electrons. The molecule has 8 nitrogen and oxygen atoms in total. The minimum Gasteiger partial charge on any atom is -0.481 e. The molecule has 0 saturated carbocycles. The van der Waals surface area contributed by atoms with Crippen LogP contribution in [0.4, 0.5) is 19.0 Å². The summed E-state index contributed by atoms with van der Waals surface area (Å²) < 4.78 is 45.5. The number of carboxylic acids is 1. The summed E-state index contributed by atoms with van der Waals surface area (Å²) in [6.07, 6.45) is -2.60. The molecule has 3 rings (SSSR count). The number of hydrogen-bond acceptors (Lipinski definition) is 6. The fourth-order valence-electron chi connectivity index (χ4n) is 4.94. The maximum Gasteiger partial charge on any atom is 0.433 e. The Hall–Kier alpha value is -2.24. The Morgan fingerprint density at radius 2 is 1.83 bits per heavy atom. The van der Waals surface area contributed by atoms with E-state index in [1.807, 2.05) is 6.92 Å². The van der Waals surface area contributed by atoms with Crippen molar-refractivity contribution in [3.63, 3.8) is 0 Å². The first-order valence-corrected chi connectivity index (χ1v) is 12.2. The van der Waals surface area contributed by atoms with E-state index in [2.05, 4.69) is 14.8 Å². The monoisotopic (exact) mass is 500 g/mol. The number of pyridine rings is 1. The van der Waals surface area contributed by atoms with Crippen molar-refractivity contribution in [2.45, 2.75) is 51.2 Å². The maximum absolute atomic E-state index is 13.3. The van der Waals surface area contributed by atoms with Crippen molar-refractivity contribution in [1.29, 1.82) is 0 Å². The third-order valence-corrected chi connectivity index (χ3v) is 7.14. The number of aliphatic carboxylic acids is 1. The van der Waals surface area contributed by atoms with Gasteiger partial charge in [-0.05, 0) is 31.4 Å². The Morgan fingerprint density at radius 1 is 1.17 bits per heavy atom. The predicted octanol–water partition coefficient (Wildman–Crippen LogP) is 3.12. The van der Waals surface area contributed by atoms with E-state index < -0.39 is 29.3 Å². The van der Waals surface area contributed by atoms with Crippen molar-refractivity contribution >= 4 is 17.7 Å². The van der Waals surface area contributed by atoms with Gasteiger partial charge < -0.3 is 9.84 Å². The molecule has 2 saturated heterocycles. The van der Waals surface area contributed by atoms with Crippen LogP contribution in [0, 0.1) is 5.92 Å². The Morgan fingerprint density at radius 3 is 2.37 bits per heavy atom. The number of hydrogen-bond donors (Lipinski definition) is 1. The number of amides is 1. The van der Waals surface area contributed by atoms with Crippen LogP contribution in [0.25, 0.3) is 0 Å². The second-order valence-corrected chi connectivity index (χ2v) is 9.28. The largest absolute Gasteiger partial charge is 0.481 e. The van der Waals surface area contributed by atoms with Crippen LogP contribution in [-0.4, -0.2) is 89.8 Å². The summed E-state index contributed by atoms with van der Waals surface area (Å²) in [7, 11) is 0. The highest BCUT2D eigenvalue weighted by Crippen LogP contribution is 2.33. The molecule has 1 unspecified atom stereocenters. The molecule has 0 aromatic carbocycles. The molecule has 0 radical (unpaired) electrons. The first kappa shape index (κ1) is 27.3. The first-order chi connectivity index (χ1) is 16.6. The van der Waals surface area contributed by atoms with Gasteiger partial charge in [0.1, 0.15) is 11.5 Å². The zero-order valence-corrected chi connectivity index (χ0v) is 20.4. The van der Waals surface area contributed by atoms with E-state index in [-0.39, 0.29) is 24.7 Å². The van der Waals surface area contributed by atoms with Gasteiger partial charge in [0.2, 0.25) is 5.91 Å². The van der Waals surface area contributed by atoms with Gasteiger partial charge >= 0.3 is 12.1 Å². The highest BCUT2D eigenvalue weighted by atomic mass is 19.4. The van der Waals surface area contributed by atoms with E-state index in [9.17, 15) is 27.9 Å². The van der Waals surface area contributed by atoms with Gasteiger partial charge in [0.25, 0.3) is 0 Å². The number of carbonyl (C=O) groups is 2. The number of halogens is 3. The Labute approximate surface area is 204 Å². The van der Waals surface area contributed by atoms with Gasteiger partial charge in [0.05, 0.1) is 5.92 Å². The second kappa shape index (κ2) is 11.7. The van der Waals surface area contributed by atoms with Crippen molar-refractivity contribution in [2.75, 3.05) is 57.4 Å². The Bertz CT molecular complexity index is 869. The average molecular weight is 501 g/mol. The number of aromatic nitrogens is 1. The lowest BCUT2D eigenvalue weighted by molar-refractivity contribution is -0.143. The molecule has 0 aliphatic carbocycles. The second-order valence-electron chi connectivity index (χ2n) is 9.28. The van der Waals surface area contributed by atoms with Gasteiger partial charge in [-0.25, -0.2) is 4.98 Å². The van der Waals surface area contributed by atoms with Gasteiger partial charge in [-0.15, -0.1) is 0 Å².